The predicted molar refractivity (Wildman–Crippen MR) is 158 cm³/mol. The third kappa shape index (κ3) is 6.93. The third-order valence-corrected chi connectivity index (χ3v) is 6.67. The minimum absolute atomic E-state index is 0.0706. The number of rotatable bonds is 10. The van der Waals surface area contributed by atoms with Crippen LogP contribution < -0.4 is 10.6 Å². The van der Waals surface area contributed by atoms with Crippen LogP contribution in [0.3, 0.4) is 0 Å². The molecule has 7 nitrogen and oxygen atoms in total. The number of para-hydroxylation sites is 1. The van der Waals surface area contributed by atoms with Gasteiger partial charge in [0.05, 0.1) is 11.4 Å². The smallest absolute Gasteiger partial charge is 0.315 e. The van der Waals surface area contributed by atoms with E-state index in [4.69, 9.17) is 5.10 Å². The number of carbonyl (C=O) groups excluding carboxylic acids is 2. The monoisotopic (exact) mass is 523 g/mol. The summed E-state index contributed by atoms with van der Waals surface area (Å²) >= 11 is 0. The average Bonchev–Trinajstić information content (AvgIpc) is 3.34. The molecule has 0 atom stereocenters. The number of hydrogen-bond donors (Lipinski definition) is 2. The Balaban J connectivity index is 1.59. The molecule has 0 radical (unpaired) electrons. The fraction of sp³-hybridized carbons (Fsp3) is 0.281. The van der Waals surface area contributed by atoms with Crippen molar-refractivity contribution in [1.29, 1.82) is 0 Å². The fourth-order valence-corrected chi connectivity index (χ4v) is 4.55. The summed E-state index contributed by atoms with van der Waals surface area (Å²) in [6, 6.07) is 25.3. The Hall–Kier alpha value is -4.39. The van der Waals surface area contributed by atoms with E-state index in [2.05, 4.69) is 30.5 Å². The maximum absolute atomic E-state index is 13.4. The van der Waals surface area contributed by atoms with Crippen LogP contribution in [0, 0.1) is 13.8 Å². The second kappa shape index (κ2) is 12.9. The molecule has 202 valence electrons. The number of amides is 3. The van der Waals surface area contributed by atoms with Crippen molar-refractivity contribution in [3.05, 3.63) is 95.6 Å². The van der Waals surface area contributed by atoms with Crippen molar-refractivity contribution in [1.82, 2.24) is 14.7 Å². The first-order valence-corrected chi connectivity index (χ1v) is 13.6. The minimum Gasteiger partial charge on any atom is -0.315 e. The number of nitrogens with zero attached hydrogens (tertiary/aromatic N) is 3. The second-order valence-electron chi connectivity index (χ2n) is 9.75. The SMILES string of the molecule is CCCCN(CC(=O)Nc1cc(-c2ccccc2)nn1-c1ccc(C)cc1C)C(=O)Nc1ccccc1CC. The van der Waals surface area contributed by atoms with Crippen LogP contribution in [0.2, 0.25) is 0 Å². The molecule has 4 aromatic rings. The highest BCUT2D eigenvalue weighted by molar-refractivity contribution is 5.97. The molecule has 1 heterocycles. The highest BCUT2D eigenvalue weighted by atomic mass is 16.2. The second-order valence-corrected chi connectivity index (χ2v) is 9.75. The first-order chi connectivity index (χ1) is 18.9. The van der Waals surface area contributed by atoms with Crippen LogP contribution in [-0.4, -0.2) is 39.7 Å². The zero-order chi connectivity index (χ0) is 27.8. The van der Waals surface area contributed by atoms with E-state index in [9.17, 15) is 9.59 Å². The Morgan fingerprint density at radius 1 is 0.897 bits per heavy atom. The molecular weight excluding hydrogens is 486 g/mol. The van der Waals surface area contributed by atoms with Crippen LogP contribution in [0.15, 0.2) is 78.9 Å². The molecule has 3 aromatic carbocycles. The van der Waals surface area contributed by atoms with Crippen molar-refractivity contribution >= 4 is 23.4 Å². The Labute approximate surface area is 230 Å². The predicted octanol–water partition coefficient (Wildman–Crippen LogP) is 6.99. The Morgan fingerprint density at radius 3 is 2.36 bits per heavy atom. The van der Waals surface area contributed by atoms with Crippen molar-refractivity contribution in [2.24, 2.45) is 0 Å². The lowest BCUT2D eigenvalue weighted by Crippen LogP contribution is -2.41. The highest BCUT2D eigenvalue weighted by Crippen LogP contribution is 2.27. The summed E-state index contributed by atoms with van der Waals surface area (Å²) in [5.41, 5.74) is 6.61. The first-order valence-electron chi connectivity index (χ1n) is 13.6. The van der Waals surface area contributed by atoms with Crippen LogP contribution in [0.4, 0.5) is 16.3 Å². The summed E-state index contributed by atoms with van der Waals surface area (Å²) in [4.78, 5) is 28.2. The summed E-state index contributed by atoms with van der Waals surface area (Å²) < 4.78 is 1.77. The zero-order valence-corrected chi connectivity index (χ0v) is 23.2. The van der Waals surface area contributed by atoms with Crippen molar-refractivity contribution in [2.45, 2.75) is 47.0 Å². The largest absolute Gasteiger partial charge is 0.322 e. The van der Waals surface area contributed by atoms with Crippen LogP contribution in [0.25, 0.3) is 16.9 Å². The summed E-state index contributed by atoms with van der Waals surface area (Å²) in [6.07, 6.45) is 2.52. The first kappa shape index (κ1) is 27.6. The van der Waals surface area contributed by atoms with Gasteiger partial charge in [-0.3, -0.25) is 4.79 Å². The highest BCUT2D eigenvalue weighted by Gasteiger charge is 2.20. The third-order valence-electron chi connectivity index (χ3n) is 6.67. The van der Waals surface area contributed by atoms with E-state index < -0.39 is 0 Å². The number of aromatic nitrogens is 2. The van der Waals surface area contributed by atoms with Gasteiger partial charge in [0.15, 0.2) is 0 Å². The number of anilines is 2. The standard InChI is InChI=1S/C32H37N5O2/c1-5-7-19-36(32(39)33-27-16-12-11-13-25(27)6-2)22-31(38)34-30-21-28(26-14-9-8-10-15-26)35-37(30)29-18-17-23(3)20-24(29)4/h8-18,20-21H,5-7,19,22H2,1-4H3,(H,33,39)(H,34,38). The van der Waals surface area contributed by atoms with E-state index in [-0.39, 0.29) is 18.5 Å². The van der Waals surface area contributed by atoms with Gasteiger partial charge in [0.25, 0.3) is 0 Å². The van der Waals surface area contributed by atoms with Crippen molar-refractivity contribution in [3.63, 3.8) is 0 Å². The zero-order valence-electron chi connectivity index (χ0n) is 23.2. The maximum Gasteiger partial charge on any atom is 0.322 e. The van der Waals surface area contributed by atoms with Gasteiger partial charge >= 0.3 is 6.03 Å². The van der Waals surface area contributed by atoms with Gasteiger partial charge in [0.2, 0.25) is 5.91 Å². The Morgan fingerprint density at radius 2 is 1.64 bits per heavy atom. The lowest BCUT2D eigenvalue weighted by Gasteiger charge is -2.23. The molecule has 7 heteroatoms. The molecule has 0 aliphatic heterocycles. The van der Waals surface area contributed by atoms with Crippen molar-refractivity contribution < 1.29 is 9.59 Å². The molecule has 4 rings (SSSR count). The van der Waals surface area contributed by atoms with E-state index in [1.807, 2.05) is 86.6 Å². The van der Waals surface area contributed by atoms with Gasteiger partial charge in [0, 0.05) is 23.9 Å². The molecule has 0 spiro atoms. The molecule has 0 aliphatic carbocycles. The van der Waals surface area contributed by atoms with Crippen molar-refractivity contribution in [2.75, 3.05) is 23.7 Å². The number of carbonyl (C=O) groups is 2. The molecule has 2 N–H and O–H groups in total. The lowest BCUT2D eigenvalue weighted by molar-refractivity contribution is -0.116. The minimum atomic E-state index is -0.285. The van der Waals surface area contributed by atoms with E-state index >= 15 is 0 Å². The molecule has 0 unspecified atom stereocenters. The van der Waals surface area contributed by atoms with Gasteiger partial charge in [-0.1, -0.05) is 86.5 Å². The molecule has 0 saturated heterocycles. The van der Waals surface area contributed by atoms with E-state index in [1.54, 1.807) is 9.58 Å². The number of hydrogen-bond acceptors (Lipinski definition) is 3. The molecule has 0 aliphatic rings. The van der Waals surface area contributed by atoms with Crippen LogP contribution in [-0.2, 0) is 11.2 Å². The molecule has 3 amide bonds. The van der Waals surface area contributed by atoms with Gasteiger partial charge in [-0.05, 0) is 49.9 Å². The molecule has 0 fully saturated rings. The van der Waals surface area contributed by atoms with Crippen LogP contribution in [0.1, 0.15) is 43.4 Å². The molecule has 39 heavy (non-hydrogen) atoms. The molecule has 0 bridgehead atoms. The number of benzene rings is 3. The summed E-state index contributed by atoms with van der Waals surface area (Å²) in [5.74, 6) is 0.272. The number of nitrogens with one attached hydrogen (secondary N) is 2. The van der Waals surface area contributed by atoms with Gasteiger partial charge in [-0.2, -0.15) is 5.10 Å². The van der Waals surface area contributed by atoms with Gasteiger partial charge in [-0.25, -0.2) is 9.48 Å². The van der Waals surface area contributed by atoms with Gasteiger partial charge in [0.1, 0.15) is 12.4 Å². The number of urea groups is 1. The normalized spacial score (nSPS) is 10.8. The molecular formula is C32H37N5O2. The number of unbranched alkanes of at least 4 members (excludes halogenated alkanes) is 1. The summed E-state index contributed by atoms with van der Waals surface area (Å²) in [6.45, 7) is 8.61. The number of aryl methyl sites for hydroxylation is 3. The summed E-state index contributed by atoms with van der Waals surface area (Å²) in [7, 11) is 0. The average molecular weight is 524 g/mol. The Kier molecular flexibility index (Phi) is 9.15. The topological polar surface area (TPSA) is 79.3 Å². The fourth-order valence-electron chi connectivity index (χ4n) is 4.55. The van der Waals surface area contributed by atoms with Crippen LogP contribution >= 0.6 is 0 Å². The van der Waals surface area contributed by atoms with E-state index in [1.165, 1.54) is 0 Å². The summed E-state index contributed by atoms with van der Waals surface area (Å²) in [5, 5.41) is 10.9. The van der Waals surface area contributed by atoms with Crippen LogP contribution in [0.5, 0.6) is 0 Å². The van der Waals surface area contributed by atoms with Gasteiger partial charge < -0.3 is 15.5 Å². The molecule has 0 saturated carbocycles. The quantitative estimate of drug-likeness (QED) is 0.235. The van der Waals surface area contributed by atoms with E-state index in [0.29, 0.717) is 12.4 Å². The van der Waals surface area contributed by atoms with Crippen molar-refractivity contribution in [3.8, 4) is 16.9 Å². The lowest BCUT2D eigenvalue weighted by atomic mass is 10.1. The Bertz CT molecular complexity index is 1430. The van der Waals surface area contributed by atoms with E-state index in [0.717, 1.165) is 58.6 Å². The maximum atomic E-state index is 13.4. The molecule has 1 aromatic heterocycles. The van der Waals surface area contributed by atoms with Gasteiger partial charge in [-0.15, -0.1) is 0 Å².